The number of amides is 3. The van der Waals surface area contributed by atoms with Crippen molar-refractivity contribution in [3.8, 4) is 0 Å². The number of likely N-dealkylation sites (tertiary alicyclic amines) is 1. The van der Waals surface area contributed by atoms with Crippen LogP contribution in [0.4, 0.5) is 4.79 Å². The van der Waals surface area contributed by atoms with Crippen molar-refractivity contribution in [3.05, 3.63) is 0 Å². The van der Waals surface area contributed by atoms with Gasteiger partial charge in [-0.1, -0.05) is 19.3 Å². The second-order valence-electron chi connectivity index (χ2n) is 6.43. The van der Waals surface area contributed by atoms with Crippen molar-refractivity contribution in [1.82, 2.24) is 15.1 Å². The van der Waals surface area contributed by atoms with Gasteiger partial charge in [0.25, 0.3) is 0 Å². The predicted molar refractivity (Wildman–Crippen MR) is 83.0 cm³/mol. The van der Waals surface area contributed by atoms with E-state index in [0.717, 1.165) is 25.4 Å². The highest BCUT2D eigenvalue weighted by Gasteiger charge is 2.32. The van der Waals surface area contributed by atoms with Crippen molar-refractivity contribution in [2.75, 3.05) is 33.2 Å². The fourth-order valence-electron chi connectivity index (χ4n) is 3.54. The summed E-state index contributed by atoms with van der Waals surface area (Å²) >= 11 is 0. The summed E-state index contributed by atoms with van der Waals surface area (Å²) in [6, 6.07) is 0.00553. The maximum atomic E-state index is 12.2. The summed E-state index contributed by atoms with van der Waals surface area (Å²) in [4.78, 5) is 27.5. The number of nitrogens with one attached hydrogen (secondary N) is 1. The minimum Gasteiger partial charge on any atom is -0.346 e. The van der Waals surface area contributed by atoms with Crippen LogP contribution in [0, 0.1) is 11.8 Å². The first-order valence-electron chi connectivity index (χ1n) is 8.38. The molecule has 0 aromatic heterocycles. The second kappa shape index (κ2) is 7.66. The summed E-state index contributed by atoms with van der Waals surface area (Å²) < 4.78 is 0. The van der Waals surface area contributed by atoms with E-state index in [4.69, 9.17) is 0 Å². The number of fused-ring (bicyclic) bond motifs is 1. The Labute approximate surface area is 128 Å². The molecule has 2 aliphatic rings. The van der Waals surface area contributed by atoms with E-state index in [9.17, 15) is 9.59 Å². The van der Waals surface area contributed by atoms with Crippen molar-refractivity contribution in [2.24, 2.45) is 11.8 Å². The molecule has 3 amide bonds. The summed E-state index contributed by atoms with van der Waals surface area (Å²) in [7, 11) is 1.79. The Hall–Kier alpha value is -1.26. The van der Waals surface area contributed by atoms with E-state index < -0.39 is 0 Å². The molecular formula is C16H29N3O2. The van der Waals surface area contributed by atoms with Gasteiger partial charge in [-0.15, -0.1) is 0 Å². The van der Waals surface area contributed by atoms with Crippen molar-refractivity contribution in [1.29, 1.82) is 0 Å². The van der Waals surface area contributed by atoms with E-state index in [1.165, 1.54) is 25.7 Å². The number of hydrogen-bond donors (Lipinski definition) is 1. The van der Waals surface area contributed by atoms with Crippen LogP contribution in [0.15, 0.2) is 0 Å². The van der Waals surface area contributed by atoms with Crippen molar-refractivity contribution in [2.45, 2.75) is 45.4 Å². The molecule has 2 atom stereocenters. The molecule has 0 aromatic rings. The van der Waals surface area contributed by atoms with E-state index in [1.54, 1.807) is 11.9 Å². The first kappa shape index (κ1) is 16.1. The first-order chi connectivity index (χ1) is 10.1. The largest absolute Gasteiger partial charge is 0.346 e. The van der Waals surface area contributed by atoms with Crippen LogP contribution in [0.25, 0.3) is 0 Å². The van der Waals surface area contributed by atoms with Gasteiger partial charge < -0.3 is 15.1 Å². The molecule has 5 nitrogen and oxygen atoms in total. The Bertz CT molecular complexity index is 373. The van der Waals surface area contributed by atoms with Gasteiger partial charge in [0.15, 0.2) is 0 Å². The topological polar surface area (TPSA) is 52.7 Å². The highest BCUT2D eigenvalue weighted by molar-refractivity contribution is 5.78. The highest BCUT2D eigenvalue weighted by Crippen LogP contribution is 2.35. The normalized spacial score (nSPS) is 25.1. The lowest BCUT2D eigenvalue weighted by atomic mass is 9.75. The van der Waals surface area contributed by atoms with Crippen LogP contribution in [0.3, 0.4) is 0 Å². The van der Waals surface area contributed by atoms with Gasteiger partial charge in [0.2, 0.25) is 5.91 Å². The number of hydrogen-bond acceptors (Lipinski definition) is 2. The Morgan fingerprint density at radius 2 is 1.90 bits per heavy atom. The highest BCUT2D eigenvalue weighted by atomic mass is 16.2. The first-order valence-corrected chi connectivity index (χ1v) is 8.38. The molecule has 120 valence electrons. The van der Waals surface area contributed by atoms with Crippen LogP contribution in [0.2, 0.25) is 0 Å². The number of carbonyl (C=O) groups is 2. The molecule has 1 heterocycles. The zero-order chi connectivity index (χ0) is 15.2. The summed E-state index contributed by atoms with van der Waals surface area (Å²) in [6.07, 6.45) is 6.83. The Kier molecular flexibility index (Phi) is 5.88. The maximum Gasteiger partial charge on any atom is 0.317 e. The molecule has 21 heavy (non-hydrogen) atoms. The molecule has 1 N–H and O–H groups in total. The Balaban J connectivity index is 1.70. The lowest BCUT2D eigenvalue weighted by Crippen LogP contribution is -2.49. The Morgan fingerprint density at radius 1 is 1.19 bits per heavy atom. The molecule has 1 aliphatic heterocycles. The molecule has 2 fully saturated rings. The minimum atomic E-state index is 0.00553. The van der Waals surface area contributed by atoms with Crippen LogP contribution in [-0.4, -0.2) is 55.0 Å². The third-order valence-corrected chi connectivity index (χ3v) is 5.09. The van der Waals surface area contributed by atoms with Crippen LogP contribution in [0.5, 0.6) is 0 Å². The van der Waals surface area contributed by atoms with Gasteiger partial charge in [-0.25, -0.2) is 4.79 Å². The van der Waals surface area contributed by atoms with Crippen LogP contribution >= 0.6 is 0 Å². The van der Waals surface area contributed by atoms with Gasteiger partial charge in [-0.05, 0) is 31.6 Å². The zero-order valence-corrected chi connectivity index (χ0v) is 13.4. The van der Waals surface area contributed by atoms with E-state index in [2.05, 4.69) is 5.32 Å². The third-order valence-electron chi connectivity index (χ3n) is 5.09. The second-order valence-corrected chi connectivity index (χ2v) is 6.43. The van der Waals surface area contributed by atoms with Crippen molar-refractivity contribution in [3.63, 3.8) is 0 Å². The number of rotatable bonds is 4. The average Bonchev–Trinajstić information content (AvgIpc) is 2.53. The zero-order valence-electron chi connectivity index (χ0n) is 13.4. The van der Waals surface area contributed by atoms with Crippen molar-refractivity contribution >= 4 is 11.9 Å². The molecular weight excluding hydrogens is 266 g/mol. The third kappa shape index (κ3) is 4.35. The molecule has 0 spiro atoms. The summed E-state index contributed by atoms with van der Waals surface area (Å²) in [5, 5.41) is 2.90. The Morgan fingerprint density at radius 3 is 2.62 bits per heavy atom. The quantitative estimate of drug-likeness (QED) is 0.863. The minimum absolute atomic E-state index is 0.00553. The van der Waals surface area contributed by atoms with Gasteiger partial charge in [-0.3, -0.25) is 4.79 Å². The molecule has 2 rings (SSSR count). The fraction of sp³-hybridized carbons (Fsp3) is 0.875. The fourth-order valence-corrected chi connectivity index (χ4v) is 3.54. The van der Waals surface area contributed by atoms with E-state index in [0.29, 0.717) is 25.4 Å². The molecule has 1 saturated heterocycles. The summed E-state index contributed by atoms with van der Waals surface area (Å²) in [5.74, 6) is 1.62. The maximum absolute atomic E-state index is 12.2. The van der Waals surface area contributed by atoms with Gasteiger partial charge in [0.1, 0.15) is 0 Å². The standard InChI is InChI=1S/C16H29N3O2/c1-3-18(2)15(20)8-10-17-16(21)19-11-9-13-6-4-5-7-14(13)12-19/h13-14H,3-12H2,1-2H3,(H,17,21). The van der Waals surface area contributed by atoms with Gasteiger partial charge in [-0.2, -0.15) is 0 Å². The lowest BCUT2D eigenvalue weighted by molar-refractivity contribution is -0.129. The van der Waals surface area contributed by atoms with Gasteiger partial charge >= 0.3 is 6.03 Å². The monoisotopic (exact) mass is 295 g/mol. The number of nitrogens with zero attached hydrogens (tertiary/aromatic N) is 2. The predicted octanol–water partition coefficient (Wildman–Crippen LogP) is 2.08. The van der Waals surface area contributed by atoms with Crippen molar-refractivity contribution < 1.29 is 9.59 Å². The number of carbonyl (C=O) groups excluding carboxylic acids is 2. The van der Waals surface area contributed by atoms with E-state index in [-0.39, 0.29) is 11.9 Å². The van der Waals surface area contributed by atoms with E-state index in [1.807, 2.05) is 11.8 Å². The average molecular weight is 295 g/mol. The molecule has 0 radical (unpaired) electrons. The molecule has 1 saturated carbocycles. The molecule has 5 heteroatoms. The molecule has 0 aromatic carbocycles. The molecule has 0 bridgehead atoms. The van der Waals surface area contributed by atoms with Crippen LogP contribution in [0.1, 0.15) is 45.4 Å². The summed E-state index contributed by atoms with van der Waals surface area (Å²) in [5.41, 5.74) is 0. The van der Waals surface area contributed by atoms with E-state index >= 15 is 0 Å². The number of urea groups is 1. The number of piperidine rings is 1. The van der Waals surface area contributed by atoms with Gasteiger partial charge in [0.05, 0.1) is 0 Å². The van der Waals surface area contributed by atoms with Gasteiger partial charge in [0, 0.05) is 39.6 Å². The van der Waals surface area contributed by atoms with Crippen LogP contribution < -0.4 is 5.32 Å². The lowest BCUT2D eigenvalue weighted by Gasteiger charge is -2.41. The van der Waals surface area contributed by atoms with Crippen LogP contribution in [-0.2, 0) is 4.79 Å². The SMILES string of the molecule is CCN(C)C(=O)CCNC(=O)N1CCC2CCCCC2C1. The molecule has 2 unspecified atom stereocenters. The smallest absolute Gasteiger partial charge is 0.317 e. The summed E-state index contributed by atoms with van der Waals surface area (Å²) in [6.45, 7) is 4.87. The molecule has 1 aliphatic carbocycles.